The number of hydrogen-bond acceptors (Lipinski definition) is 7. The van der Waals surface area contributed by atoms with Gasteiger partial charge in [-0.3, -0.25) is 9.69 Å². The number of aryl methyl sites for hydroxylation is 2. The van der Waals surface area contributed by atoms with Gasteiger partial charge in [0, 0.05) is 18.0 Å². The highest BCUT2D eigenvalue weighted by Crippen LogP contribution is 2.34. The van der Waals surface area contributed by atoms with Crippen molar-refractivity contribution >= 4 is 33.3 Å². The van der Waals surface area contributed by atoms with Gasteiger partial charge in [-0.1, -0.05) is 13.8 Å². The molecule has 0 saturated carbocycles. The third-order valence-corrected chi connectivity index (χ3v) is 7.29. The summed E-state index contributed by atoms with van der Waals surface area (Å²) in [6.07, 6.45) is 2.49. The lowest BCUT2D eigenvalue weighted by atomic mass is 10.0. The molecule has 0 radical (unpaired) electrons. The maximum atomic E-state index is 13.3. The number of likely N-dealkylation sites (tertiary alicyclic amines) is 1. The van der Waals surface area contributed by atoms with E-state index in [1.165, 1.54) is 23.3 Å². The molecule has 4 rings (SSSR count). The van der Waals surface area contributed by atoms with Crippen molar-refractivity contribution < 1.29 is 9.53 Å². The Kier molecular flexibility index (Phi) is 6.55. The minimum absolute atomic E-state index is 0.130. The molecule has 0 bridgehead atoms. The molecule has 1 N–H and O–H groups in total. The van der Waals surface area contributed by atoms with Crippen LogP contribution in [0.3, 0.4) is 0 Å². The molecule has 2 aliphatic rings. The van der Waals surface area contributed by atoms with Gasteiger partial charge in [0.25, 0.3) is 0 Å². The summed E-state index contributed by atoms with van der Waals surface area (Å²) in [5, 5.41) is 4.60. The Balaban J connectivity index is 1.66. The first-order valence-electron chi connectivity index (χ1n) is 11.1. The van der Waals surface area contributed by atoms with E-state index in [1.807, 2.05) is 4.90 Å². The number of amides is 1. The Labute approximate surface area is 182 Å². The molecular weight excluding hydrogens is 398 g/mol. The summed E-state index contributed by atoms with van der Waals surface area (Å²) in [6, 6.07) is -0.319. The third kappa shape index (κ3) is 4.45. The second-order valence-electron chi connectivity index (χ2n) is 8.74. The van der Waals surface area contributed by atoms with Crippen LogP contribution in [0, 0.1) is 19.8 Å². The summed E-state index contributed by atoms with van der Waals surface area (Å²) in [5.41, 5.74) is 1.20. The van der Waals surface area contributed by atoms with Gasteiger partial charge in [-0.15, -0.1) is 11.3 Å². The molecule has 0 aromatic carbocycles. The number of fused-ring (bicyclic) bond motifs is 1. The van der Waals surface area contributed by atoms with Crippen molar-refractivity contribution in [1.82, 2.24) is 19.8 Å². The minimum Gasteiger partial charge on any atom is -0.378 e. The molecule has 2 saturated heterocycles. The summed E-state index contributed by atoms with van der Waals surface area (Å²) in [4.78, 5) is 29.7. The van der Waals surface area contributed by atoms with Gasteiger partial charge in [-0.2, -0.15) is 0 Å². The molecule has 4 heterocycles. The first-order chi connectivity index (χ1) is 14.4. The first-order valence-corrected chi connectivity index (χ1v) is 11.9. The van der Waals surface area contributed by atoms with Crippen LogP contribution in [-0.2, 0) is 16.1 Å². The Hall–Kier alpha value is -1.77. The predicted octanol–water partition coefficient (Wildman–Crippen LogP) is 3.20. The average molecular weight is 432 g/mol. The maximum Gasteiger partial charge on any atom is 0.245 e. The van der Waals surface area contributed by atoms with Crippen molar-refractivity contribution in [2.75, 3.05) is 44.7 Å². The number of carbonyl (C=O) groups excluding carboxylic acids is 1. The van der Waals surface area contributed by atoms with E-state index >= 15 is 0 Å². The number of aromatic nitrogens is 2. The number of morpholine rings is 1. The molecule has 8 heteroatoms. The average Bonchev–Trinajstić information content (AvgIpc) is 3.34. The van der Waals surface area contributed by atoms with Gasteiger partial charge >= 0.3 is 0 Å². The van der Waals surface area contributed by atoms with Gasteiger partial charge in [0.2, 0.25) is 5.91 Å². The molecule has 1 unspecified atom stereocenters. The second kappa shape index (κ2) is 9.16. The van der Waals surface area contributed by atoms with Gasteiger partial charge in [0.05, 0.1) is 25.1 Å². The third-order valence-electron chi connectivity index (χ3n) is 6.19. The Morgan fingerprint density at radius 3 is 2.50 bits per heavy atom. The van der Waals surface area contributed by atoms with Gasteiger partial charge < -0.3 is 15.0 Å². The molecule has 2 fully saturated rings. The van der Waals surface area contributed by atoms with Crippen molar-refractivity contribution in [1.29, 1.82) is 0 Å². The van der Waals surface area contributed by atoms with E-state index in [9.17, 15) is 4.79 Å². The molecule has 7 nitrogen and oxygen atoms in total. The SMILES string of the molecule is Cc1sc2nc(CN3CCCC3)nc(NC(C(=O)N3CCOCC3)C(C)C)c2c1C. The number of nitrogens with one attached hydrogen (secondary N) is 1. The fourth-order valence-corrected chi connectivity index (χ4v) is 5.30. The number of ether oxygens (including phenoxy) is 1. The fourth-order valence-electron chi connectivity index (χ4n) is 4.25. The van der Waals surface area contributed by atoms with E-state index in [-0.39, 0.29) is 17.9 Å². The molecule has 1 amide bonds. The Morgan fingerprint density at radius 2 is 1.83 bits per heavy atom. The van der Waals surface area contributed by atoms with Crippen molar-refractivity contribution in [2.45, 2.75) is 53.1 Å². The lowest BCUT2D eigenvalue weighted by Gasteiger charge is -2.32. The van der Waals surface area contributed by atoms with Crippen LogP contribution in [0.4, 0.5) is 5.82 Å². The van der Waals surface area contributed by atoms with Crippen LogP contribution >= 0.6 is 11.3 Å². The van der Waals surface area contributed by atoms with E-state index in [1.54, 1.807) is 11.3 Å². The lowest BCUT2D eigenvalue weighted by molar-refractivity contribution is -0.137. The van der Waals surface area contributed by atoms with Crippen molar-refractivity contribution in [3.05, 3.63) is 16.3 Å². The van der Waals surface area contributed by atoms with Crippen LogP contribution < -0.4 is 5.32 Å². The highest BCUT2D eigenvalue weighted by molar-refractivity contribution is 7.18. The highest BCUT2D eigenvalue weighted by Gasteiger charge is 2.30. The van der Waals surface area contributed by atoms with Crippen LogP contribution in [0.2, 0.25) is 0 Å². The number of thiophene rings is 1. The van der Waals surface area contributed by atoms with Gasteiger partial charge in [0.15, 0.2) is 0 Å². The molecule has 2 aromatic heterocycles. The standard InChI is InChI=1S/C22H33N5O2S/c1-14(2)19(22(28)27-9-11-29-12-10-27)25-20-18-15(3)16(4)30-21(18)24-17(23-20)13-26-7-5-6-8-26/h14,19H,5-13H2,1-4H3,(H,23,24,25). The maximum absolute atomic E-state index is 13.3. The minimum atomic E-state index is -0.319. The van der Waals surface area contributed by atoms with Crippen LogP contribution in [0.5, 0.6) is 0 Å². The van der Waals surface area contributed by atoms with E-state index in [2.05, 4.69) is 37.9 Å². The van der Waals surface area contributed by atoms with Gasteiger partial charge in [0.1, 0.15) is 22.5 Å². The predicted molar refractivity (Wildman–Crippen MR) is 121 cm³/mol. The molecule has 2 aromatic rings. The summed E-state index contributed by atoms with van der Waals surface area (Å²) < 4.78 is 5.43. The van der Waals surface area contributed by atoms with Crippen molar-refractivity contribution in [2.24, 2.45) is 5.92 Å². The Bertz CT molecular complexity index is 901. The second-order valence-corrected chi connectivity index (χ2v) is 9.94. The quantitative estimate of drug-likeness (QED) is 0.757. The fraction of sp³-hybridized carbons (Fsp3) is 0.682. The molecule has 0 aliphatic carbocycles. The summed E-state index contributed by atoms with van der Waals surface area (Å²) in [5.74, 6) is 1.92. The van der Waals surface area contributed by atoms with E-state index in [4.69, 9.17) is 14.7 Å². The van der Waals surface area contributed by atoms with Crippen LogP contribution in [0.15, 0.2) is 0 Å². The number of nitrogens with zero attached hydrogens (tertiary/aromatic N) is 4. The van der Waals surface area contributed by atoms with Gasteiger partial charge in [-0.05, 0) is 51.3 Å². The molecule has 0 spiro atoms. The van der Waals surface area contributed by atoms with Crippen LogP contribution in [0.1, 0.15) is 43.0 Å². The summed E-state index contributed by atoms with van der Waals surface area (Å²) >= 11 is 1.72. The van der Waals surface area contributed by atoms with Crippen LogP contribution in [-0.4, -0.2) is 71.1 Å². The highest BCUT2D eigenvalue weighted by atomic mass is 32.1. The van der Waals surface area contributed by atoms with Crippen molar-refractivity contribution in [3.8, 4) is 0 Å². The first kappa shape index (κ1) is 21.5. The smallest absolute Gasteiger partial charge is 0.245 e. The van der Waals surface area contributed by atoms with E-state index < -0.39 is 0 Å². The largest absolute Gasteiger partial charge is 0.378 e. The topological polar surface area (TPSA) is 70.6 Å². The zero-order chi connectivity index (χ0) is 21.3. The normalized spacial score (nSPS) is 19.0. The molecule has 1 atom stereocenters. The summed E-state index contributed by atoms with van der Waals surface area (Å²) in [7, 11) is 0. The number of hydrogen-bond donors (Lipinski definition) is 1. The number of carbonyl (C=O) groups is 1. The van der Waals surface area contributed by atoms with Crippen molar-refractivity contribution in [3.63, 3.8) is 0 Å². The van der Waals surface area contributed by atoms with E-state index in [0.717, 1.165) is 41.5 Å². The molecule has 30 heavy (non-hydrogen) atoms. The molecule has 2 aliphatic heterocycles. The van der Waals surface area contributed by atoms with Crippen LogP contribution in [0.25, 0.3) is 10.2 Å². The summed E-state index contributed by atoms with van der Waals surface area (Å²) in [6.45, 7) is 13.9. The van der Waals surface area contributed by atoms with Gasteiger partial charge in [-0.25, -0.2) is 9.97 Å². The zero-order valence-corrected chi connectivity index (χ0v) is 19.3. The molecule has 164 valence electrons. The Morgan fingerprint density at radius 1 is 1.13 bits per heavy atom. The number of anilines is 1. The van der Waals surface area contributed by atoms with E-state index in [0.29, 0.717) is 26.3 Å². The zero-order valence-electron chi connectivity index (χ0n) is 18.5. The lowest BCUT2D eigenvalue weighted by Crippen LogP contribution is -2.50. The molecular formula is C22H33N5O2S. The monoisotopic (exact) mass is 431 g/mol. The number of rotatable bonds is 6.